The van der Waals surface area contributed by atoms with E-state index >= 15 is 0 Å². The fraction of sp³-hybridized carbons (Fsp3) is 0.350. The number of anilines is 1. The highest BCUT2D eigenvalue weighted by atomic mass is 16.1. The minimum atomic E-state index is -0.0561. The number of unbranched alkanes of at least 4 members (excludes halogenated alkanes) is 3. The minimum absolute atomic E-state index is 0.0561. The number of hydrogen-bond acceptors (Lipinski definition) is 1. The summed E-state index contributed by atoms with van der Waals surface area (Å²) in [6.07, 6.45) is 6.23. The summed E-state index contributed by atoms with van der Waals surface area (Å²) in [5.74, 6) is -0.0561. The van der Waals surface area contributed by atoms with E-state index in [2.05, 4.69) is 24.4 Å². The summed E-state index contributed by atoms with van der Waals surface area (Å²) < 4.78 is 0. The van der Waals surface area contributed by atoms with Crippen molar-refractivity contribution in [1.82, 2.24) is 0 Å². The summed E-state index contributed by atoms with van der Waals surface area (Å²) in [6, 6.07) is 15.8. The normalized spacial score (nSPS) is 10.5. The summed E-state index contributed by atoms with van der Waals surface area (Å²) in [5, 5.41) is 2.95. The quantitative estimate of drug-likeness (QED) is 0.683. The first kappa shape index (κ1) is 16.3. The third kappa shape index (κ3) is 5.03. The predicted molar refractivity (Wildman–Crippen MR) is 93.4 cm³/mol. The van der Waals surface area contributed by atoms with Crippen LogP contribution in [0.25, 0.3) is 0 Å². The fourth-order valence-corrected chi connectivity index (χ4v) is 2.50. The third-order valence-corrected chi connectivity index (χ3v) is 3.81. The molecule has 22 heavy (non-hydrogen) atoms. The Balaban J connectivity index is 1.89. The van der Waals surface area contributed by atoms with Gasteiger partial charge in [0.05, 0.1) is 0 Å². The zero-order valence-corrected chi connectivity index (χ0v) is 13.6. The van der Waals surface area contributed by atoms with Crippen molar-refractivity contribution in [3.63, 3.8) is 0 Å². The van der Waals surface area contributed by atoms with Gasteiger partial charge in [0, 0.05) is 11.3 Å². The maximum absolute atomic E-state index is 12.2. The van der Waals surface area contributed by atoms with Crippen molar-refractivity contribution in [1.29, 1.82) is 0 Å². The van der Waals surface area contributed by atoms with Crippen LogP contribution < -0.4 is 5.32 Å². The molecule has 0 unspecified atom stereocenters. The second kappa shape index (κ2) is 8.38. The molecular weight excluding hydrogens is 270 g/mol. The van der Waals surface area contributed by atoms with E-state index in [0.717, 1.165) is 17.7 Å². The lowest BCUT2D eigenvalue weighted by atomic mass is 10.1. The molecule has 0 spiro atoms. The van der Waals surface area contributed by atoms with E-state index in [4.69, 9.17) is 0 Å². The first-order valence-corrected chi connectivity index (χ1v) is 8.16. The lowest BCUT2D eigenvalue weighted by Crippen LogP contribution is -2.11. The van der Waals surface area contributed by atoms with E-state index in [-0.39, 0.29) is 5.91 Å². The van der Waals surface area contributed by atoms with Crippen molar-refractivity contribution in [2.75, 3.05) is 5.32 Å². The van der Waals surface area contributed by atoms with E-state index < -0.39 is 0 Å². The number of rotatable bonds is 7. The first-order valence-electron chi connectivity index (χ1n) is 8.16. The Morgan fingerprint density at radius 2 is 1.77 bits per heavy atom. The minimum Gasteiger partial charge on any atom is -0.322 e. The molecule has 2 aromatic carbocycles. The molecule has 0 saturated heterocycles. The molecule has 0 aliphatic heterocycles. The molecular formula is C20H25NO. The maximum atomic E-state index is 12.2. The number of carbonyl (C=O) groups is 1. The van der Waals surface area contributed by atoms with Gasteiger partial charge in [0.2, 0.25) is 0 Å². The Morgan fingerprint density at radius 1 is 1.00 bits per heavy atom. The highest BCUT2D eigenvalue weighted by Crippen LogP contribution is 2.14. The topological polar surface area (TPSA) is 29.1 Å². The van der Waals surface area contributed by atoms with Gasteiger partial charge in [0.1, 0.15) is 0 Å². The van der Waals surface area contributed by atoms with Gasteiger partial charge in [0.15, 0.2) is 0 Å². The second-order valence-corrected chi connectivity index (χ2v) is 5.83. The number of aryl methyl sites for hydroxylation is 2. The zero-order valence-electron chi connectivity index (χ0n) is 13.6. The molecule has 116 valence electrons. The van der Waals surface area contributed by atoms with Crippen molar-refractivity contribution < 1.29 is 4.79 Å². The number of nitrogens with one attached hydrogen (secondary N) is 1. The van der Waals surface area contributed by atoms with E-state index in [1.54, 1.807) is 0 Å². The SMILES string of the molecule is CCCCCCc1ccc(NC(=O)c2cccc(C)c2)cc1. The number of benzene rings is 2. The van der Waals surface area contributed by atoms with Gasteiger partial charge in [-0.2, -0.15) is 0 Å². The summed E-state index contributed by atoms with van der Waals surface area (Å²) in [7, 11) is 0. The molecule has 1 amide bonds. The number of hydrogen-bond donors (Lipinski definition) is 1. The molecule has 0 radical (unpaired) electrons. The smallest absolute Gasteiger partial charge is 0.255 e. The van der Waals surface area contributed by atoms with Crippen molar-refractivity contribution in [3.8, 4) is 0 Å². The molecule has 2 heteroatoms. The van der Waals surface area contributed by atoms with Crippen LogP contribution in [0, 0.1) is 6.92 Å². The summed E-state index contributed by atoms with van der Waals surface area (Å²) >= 11 is 0. The van der Waals surface area contributed by atoms with Gasteiger partial charge in [-0.3, -0.25) is 4.79 Å². The predicted octanol–water partition coefficient (Wildman–Crippen LogP) is 5.37. The van der Waals surface area contributed by atoms with Crippen LogP contribution in [0.3, 0.4) is 0 Å². The van der Waals surface area contributed by atoms with Gasteiger partial charge in [-0.15, -0.1) is 0 Å². The molecule has 0 aliphatic carbocycles. The number of carbonyl (C=O) groups excluding carboxylic acids is 1. The van der Waals surface area contributed by atoms with Gasteiger partial charge in [-0.05, 0) is 49.6 Å². The molecule has 0 aliphatic rings. The molecule has 0 saturated carbocycles. The van der Waals surface area contributed by atoms with Gasteiger partial charge in [-0.1, -0.05) is 56.0 Å². The molecule has 0 bridgehead atoms. The highest BCUT2D eigenvalue weighted by Gasteiger charge is 2.05. The van der Waals surface area contributed by atoms with Crippen LogP contribution in [-0.2, 0) is 6.42 Å². The van der Waals surface area contributed by atoms with Crippen molar-refractivity contribution in [2.45, 2.75) is 46.0 Å². The number of amides is 1. The zero-order chi connectivity index (χ0) is 15.8. The monoisotopic (exact) mass is 295 g/mol. The molecule has 0 atom stereocenters. The Hall–Kier alpha value is -2.09. The van der Waals surface area contributed by atoms with E-state index in [9.17, 15) is 4.79 Å². The molecule has 2 rings (SSSR count). The average Bonchev–Trinajstić information content (AvgIpc) is 2.53. The molecule has 0 heterocycles. The van der Waals surface area contributed by atoms with E-state index in [1.165, 1.54) is 31.2 Å². The molecule has 2 nitrogen and oxygen atoms in total. The molecule has 0 fully saturated rings. The van der Waals surface area contributed by atoms with Crippen molar-refractivity contribution in [3.05, 3.63) is 65.2 Å². The Morgan fingerprint density at radius 3 is 2.45 bits per heavy atom. The molecule has 0 aromatic heterocycles. The van der Waals surface area contributed by atoms with Crippen LogP contribution in [0.4, 0.5) is 5.69 Å². The van der Waals surface area contributed by atoms with Crippen LogP contribution >= 0.6 is 0 Å². The lowest BCUT2D eigenvalue weighted by Gasteiger charge is -2.07. The maximum Gasteiger partial charge on any atom is 0.255 e. The average molecular weight is 295 g/mol. The summed E-state index contributed by atoms with van der Waals surface area (Å²) in [5.41, 5.74) is 3.98. The van der Waals surface area contributed by atoms with E-state index in [1.807, 2.05) is 43.3 Å². The standard InChI is InChI=1S/C20H25NO/c1-3-4-5-6-9-17-11-13-19(14-12-17)21-20(22)18-10-7-8-16(2)15-18/h7-8,10-15H,3-6,9H2,1-2H3,(H,21,22). The molecule has 2 aromatic rings. The van der Waals surface area contributed by atoms with Gasteiger partial charge in [-0.25, -0.2) is 0 Å². The van der Waals surface area contributed by atoms with Crippen LogP contribution in [0.2, 0.25) is 0 Å². The second-order valence-electron chi connectivity index (χ2n) is 5.83. The summed E-state index contributed by atoms with van der Waals surface area (Å²) in [4.78, 5) is 12.2. The van der Waals surface area contributed by atoms with Crippen molar-refractivity contribution in [2.24, 2.45) is 0 Å². The lowest BCUT2D eigenvalue weighted by molar-refractivity contribution is 0.102. The van der Waals surface area contributed by atoms with Crippen LogP contribution in [0.5, 0.6) is 0 Å². The van der Waals surface area contributed by atoms with Gasteiger partial charge >= 0.3 is 0 Å². The first-order chi connectivity index (χ1) is 10.7. The highest BCUT2D eigenvalue weighted by molar-refractivity contribution is 6.04. The van der Waals surface area contributed by atoms with Gasteiger partial charge in [0.25, 0.3) is 5.91 Å². The Bertz CT molecular complexity index is 601. The fourth-order valence-electron chi connectivity index (χ4n) is 2.50. The van der Waals surface area contributed by atoms with Crippen LogP contribution in [0.15, 0.2) is 48.5 Å². The Labute approximate surface area is 133 Å². The van der Waals surface area contributed by atoms with Gasteiger partial charge < -0.3 is 5.32 Å². The van der Waals surface area contributed by atoms with Crippen LogP contribution in [-0.4, -0.2) is 5.91 Å². The van der Waals surface area contributed by atoms with Crippen LogP contribution in [0.1, 0.15) is 54.1 Å². The summed E-state index contributed by atoms with van der Waals surface area (Å²) in [6.45, 7) is 4.22. The Kier molecular flexibility index (Phi) is 6.20. The third-order valence-electron chi connectivity index (χ3n) is 3.81. The molecule has 1 N–H and O–H groups in total. The largest absolute Gasteiger partial charge is 0.322 e. The van der Waals surface area contributed by atoms with Crippen molar-refractivity contribution >= 4 is 11.6 Å². The van der Waals surface area contributed by atoms with E-state index in [0.29, 0.717) is 5.56 Å².